The SMILES string of the molecule is CCOc1cc(/C=C2\N=C(c3ccc([N+](=O)[O-])cc3)OC2=O)ccc1OCc1ccccc1. The smallest absolute Gasteiger partial charge is 0.363 e. The molecule has 0 spiro atoms. The van der Waals surface area contributed by atoms with Crippen LogP contribution in [0.1, 0.15) is 23.6 Å². The maximum atomic E-state index is 12.3. The molecule has 1 aliphatic heterocycles. The van der Waals surface area contributed by atoms with Gasteiger partial charge in [0.15, 0.2) is 17.2 Å². The molecule has 33 heavy (non-hydrogen) atoms. The van der Waals surface area contributed by atoms with E-state index in [4.69, 9.17) is 14.2 Å². The Bertz CT molecular complexity index is 1230. The van der Waals surface area contributed by atoms with Crippen LogP contribution in [-0.4, -0.2) is 23.4 Å². The molecule has 0 bridgehead atoms. The zero-order valence-electron chi connectivity index (χ0n) is 17.8. The zero-order chi connectivity index (χ0) is 23.2. The van der Waals surface area contributed by atoms with Gasteiger partial charge in [-0.15, -0.1) is 0 Å². The van der Waals surface area contributed by atoms with Gasteiger partial charge in [0.25, 0.3) is 5.69 Å². The van der Waals surface area contributed by atoms with Crippen LogP contribution in [0.5, 0.6) is 11.5 Å². The minimum absolute atomic E-state index is 0.0579. The molecule has 0 aliphatic carbocycles. The zero-order valence-corrected chi connectivity index (χ0v) is 17.8. The molecule has 3 aromatic carbocycles. The third kappa shape index (κ3) is 5.24. The van der Waals surface area contributed by atoms with Gasteiger partial charge in [0.1, 0.15) is 6.61 Å². The van der Waals surface area contributed by atoms with Crippen molar-refractivity contribution in [2.75, 3.05) is 6.61 Å². The van der Waals surface area contributed by atoms with Crippen LogP contribution < -0.4 is 9.47 Å². The quantitative estimate of drug-likeness (QED) is 0.212. The Morgan fingerprint density at radius 1 is 1.00 bits per heavy atom. The van der Waals surface area contributed by atoms with Crippen LogP contribution in [-0.2, 0) is 16.1 Å². The number of nitro benzene ring substituents is 1. The predicted molar refractivity (Wildman–Crippen MR) is 122 cm³/mol. The first-order valence-electron chi connectivity index (χ1n) is 10.2. The summed E-state index contributed by atoms with van der Waals surface area (Å²) >= 11 is 0. The van der Waals surface area contributed by atoms with Gasteiger partial charge in [0, 0.05) is 17.7 Å². The van der Waals surface area contributed by atoms with Crippen molar-refractivity contribution in [2.45, 2.75) is 13.5 Å². The normalized spacial score (nSPS) is 14.0. The van der Waals surface area contributed by atoms with E-state index >= 15 is 0 Å². The van der Waals surface area contributed by atoms with Gasteiger partial charge < -0.3 is 14.2 Å². The Hall–Kier alpha value is -4.46. The van der Waals surface area contributed by atoms with Crippen LogP contribution in [0.15, 0.2) is 83.5 Å². The Balaban J connectivity index is 1.55. The highest BCUT2D eigenvalue weighted by Gasteiger charge is 2.24. The lowest BCUT2D eigenvalue weighted by Gasteiger charge is -2.12. The molecule has 0 unspecified atom stereocenters. The molecule has 0 saturated heterocycles. The molecule has 8 nitrogen and oxygen atoms in total. The molecule has 0 aromatic heterocycles. The minimum Gasteiger partial charge on any atom is -0.490 e. The molecule has 0 N–H and O–H groups in total. The third-order valence-corrected chi connectivity index (χ3v) is 4.75. The summed E-state index contributed by atoms with van der Waals surface area (Å²) in [4.78, 5) is 26.9. The number of hydrogen-bond acceptors (Lipinski definition) is 7. The lowest BCUT2D eigenvalue weighted by molar-refractivity contribution is -0.384. The molecule has 3 aromatic rings. The number of nitro groups is 1. The molecule has 166 valence electrons. The number of carbonyl (C=O) groups excluding carboxylic acids is 1. The number of benzene rings is 3. The average Bonchev–Trinajstić information content (AvgIpc) is 3.19. The Labute approximate surface area is 189 Å². The molecular weight excluding hydrogens is 424 g/mol. The minimum atomic E-state index is -0.606. The molecule has 0 saturated carbocycles. The summed E-state index contributed by atoms with van der Waals surface area (Å²) in [7, 11) is 0. The summed E-state index contributed by atoms with van der Waals surface area (Å²) < 4.78 is 16.9. The van der Waals surface area contributed by atoms with Crippen molar-refractivity contribution in [1.82, 2.24) is 0 Å². The van der Waals surface area contributed by atoms with E-state index in [9.17, 15) is 14.9 Å². The Morgan fingerprint density at radius 3 is 2.45 bits per heavy atom. The number of carbonyl (C=O) groups is 1. The summed E-state index contributed by atoms with van der Waals surface area (Å²) in [6.07, 6.45) is 1.59. The molecule has 1 heterocycles. The first kappa shape index (κ1) is 21.8. The number of aliphatic imine (C=N–C) groups is 1. The fraction of sp³-hybridized carbons (Fsp3) is 0.120. The van der Waals surface area contributed by atoms with Gasteiger partial charge in [-0.3, -0.25) is 10.1 Å². The number of ether oxygens (including phenoxy) is 3. The van der Waals surface area contributed by atoms with E-state index in [1.165, 1.54) is 24.3 Å². The first-order chi connectivity index (χ1) is 16.0. The molecule has 1 aliphatic rings. The van der Waals surface area contributed by atoms with E-state index in [0.29, 0.717) is 35.8 Å². The van der Waals surface area contributed by atoms with Crippen LogP contribution in [0.3, 0.4) is 0 Å². The lowest BCUT2D eigenvalue weighted by atomic mass is 10.1. The summed E-state index contributed by atoms with van der Waals surface area (Å²) in [6, 6.07) is 20.8. The van der Waals surface area contributed by atoms with E-state index in [0.717, 1.165) is 5.56 Å². The topological polar surface area (TPSA) is 100 Å². The fourth-order valence-electron chi connectivity index (χ4n) is 3.15. The maximum absolute atomic E-state index is 12.3. The number of non-ortho nitro benzene ring substituents is 1. The Kier molecular flexibility index (Phi) is 6.45. The van der Waals surface area contributed by atoms with Crippen molar-refractivity contribution in [2.24, 2.45) is 4.99 Å². The van der Waals surface area contributed by atoms with E-state index < -0.39 is 10.9 Å². The first-order valence-corrected chi connectivity index (χ1v) is 10.2. The molecule has 0 atom stereocenters. The van der Waals surface area contributed by atoms with Crippen LogP contribution in [0.25, 0.3) is 6.08 Å². The van der Waals surface area contributed by atoms with Gasteiger partial charge in [-0.2, -0.15) is 0 Å². The van der Waals surface area contributed by atoms with Gasteiger partial charge >= 0.3 is 5.97 Å². The number of hydrogen-bond donors (Lipinski definition) is 0. The molecule has 0 fully saturated rings. The number of esters is 1. The number of rotatable bonds is 8. The summed E-state index contributed by atoms with van der Waals surface area (Å²) in [5.41, 5.74) is 2.25. The van der Waals surface area contributed by atoms with E-state index in [2.05, 4.69) is 4.99 Å². The van der Waals surface area contributed by atoms with Crippen LogP contribution in [0.4, 0.5) is 5.69 Å². The monoisotopic (exact) mass is 444 g/mol. The summed E-state index contributed by atoms with van der Waals surface area (Å²) in [5.74, 6) is 0.625. The molecule has 8 heteroatoms. The summed E-state index contributed by atoms with van der Waals surface area (Å²) in [5, 5.41) is 10.8. The van der Waals surface area contributed by atoms with Gasteiger partial charge in [0.2, 0.25) is 5.90 Å². The fourth-order valence-corrected chi connectivity index (χ4v) is 3.15. The van der Waals surface area contributed by atoms with Crippen molar-refractivity contribution >= 4 is 23.6 Å². The van der Waals surface area contributed by atoms with Crippen molar-refractivity contribution in [3.8, 4) is 11.5 Å². The molecular formula is C25H20N2O6. The lowest BCUT2D eigenvalue weighted by Crippen LogP contribution is -2.05. The number of cyclic esters (lactones) is 1. The number of nitrogens with zero attached hydrogens (tertiary/aromatic N) is 2. The van der Waals surface area contributed by atoms with Crippen molar-refractivity contribution < 1.29 is 23.9 Å². The van der Waals surface area contributed by atoms with Crippen LogP contribution in [0, 0.1) is 10.1 Å². The van der Waals surface area contributed by atoms with E-state index in [1.54, 1.807) is 24.3 Å². The highest BCUT2D eigenvalue weighted by Crippen LogP contribution is 2.31. The van der Waals surface area contributed by atoms with Gasteiger partial charge in [-0.1, -0.05) is 36.4 Å². The van der Waals surface area contributed by atoms with Crippen molar-refractivity contribution in [1.29, 1.82) is 0 Å². The van der Waals surface area contributed by atoms with Crippen LogP contribution in [0.2, 0.25) is 0 Å². The highest BCUT2D eigenvalue weighted by atomic mass is 16.6. The maximum Gasteiger partial charge on any atom is 0.363 e. The molecule has 0 radical (unpaired) electrons. The predicted octanol–water partition coefficient (Wildman–Crippen LogP) is 4.92. The second kappa shape index (κ2) is 9.78. The molecule has 4 rings (SSSR count). The third-order valence-electron chi connectivity index (χ3n) is 4.75. The second-order valence-electron chi connectivity index (χ2n) is 7.05. The molecule has 0 amide bonds. The van der Waals surface area contributed by atoms with Crippen LogP contribution >= 0.6 is 0 Å². The average molecular weight is 444 g/mol. The summed E-state index contributed by atoms with van der Waals surface area (Å²) in [6.45, 7) is 2.73. The largest absolute Gasteiger partial charge is 0.490 e. The standard InChI is InChI=1S/C25H20N2O6/c1-2-31-23-15-18(8-13-22(23)32-16-17-6-4-3-5-7-17)14-21-25(28)33-24(26-21)19-9-11-20(12-10-19)27(29)30/h3-15H,2,16H2,1H3/b21-14-. The van der Waals surface area contributed by atoms with Crippen molar-refractivity contribution in [3.63, 3.8) is 0 Å². The Morgan fingerprint density at radius 2 is 1.76 bits per heavy atom. The van der Waals surface area contributed by atoms with Gasteiger partial charge in [-0.05, 0) is 48.4 Å². The van der Waals surface area contributed by atoms with Gasteiger partial charge in [-0.25, -0.2) is 9.79 Å². The van der Waals surface area contributed by atoms with E-state index in [1.807, 2.05) is 37.3 Å². The van der Waals surface area contributed by atoms with Crippen molar-refractivity contribution in [3.05, 3.63) is 105 Å². The highest BCUT2D eigenvalue weighted by molar-refractivity contribution is 6.12. The second-order valence-corrected chi connectivity index (χ2v) is 7.05. The van der Waals surface area contributed by atoms with E-state index in [-0.39, 0.29) is 17.3 Å². The van der Waals surface area contributed by atoms with Gasteiger partial charge in [0.05, 0.1) is 11.5 Å².